The molecule has 0 heterocycles. The molecule has 0 amide bonds. The SMILES string of the molecule is O=P[O-].O=P[O-].[K+].[Na+]. The molecule has 8 heteroatoms. The Morgan fingerprint density at radius 3 is 1.00 bits per heavy atom. The van der Waals surface area contributed by atoms with E-state index in [4.69, 9.17) is 18.9 Å². The molecule has 0 rings (SSSR count). The first-order valence-electron chi connectivity index (χ1n) is 0.730. The van der Waals surface area contributed by atoms with Crippen molar-refractivity contribution in [3.63, 3.8) is 0 Å². The van der Waals surface area contributed by atoms with Crippen molar-refractivity contribution >= 4 is 17.4 Å². The maximum absolute atomic E-state index is 8.35. The van der Waals surface area contributed by atoms with Crippen LogP contribution in [0.3, 0.4) is 0 Å². The van der Waals surface area contributed by atoms with Gasteiger partial charge in [0.2, 0.25) is 0 Å². The van der Waals surface area contributed by atoms with E-state index in [1.807, 2.05) is 0 Å². The van der Waals surface area contributed by atoms with Gasteiger partial charge in [0.25, 0.3) is 0 Å². The topological polar surface area (TPSA) is 80.3 Å². The average Bonchev–Trinajstić information content (AvgIpc) is 1.39. The Balaban J connectivity index is -0.0000000160. The van der Waals surface area contributed by atoms with Crippen molar-refractivity contribution in [3.05, 3.63) is 0 Å². The largest absolute Gasteiger partial charge is 1.00 e. The first kappa shape index (κ1) is 22.4. The molecular formula is KNaO4P2. The van der Waals surface area contributed by atoms with Crippen LogP contribution in [0.2, 0.25) is 0 Å². The third-order valence-electron chi connectivity index (χ3n) is 0. The van der Waals surface area contributed by atoms with Crippen molar-refractivity contribution in [2.45, 2.75) is 0 Å². The second-order valence-corrected chi connectivity index (χ2v) is 0.447. The van der Waals surface area contributed by atoms with E-state index in [0.29, 0.717) is 0 Å². The van der Waals surface area contributed by atoms with E-state index < -0.39 is 17.4 Å². The van der Waals surface area contributed by atoms with Crippen LogP contribution in [0.1, 0.15) is 0 Å². The van der Waals surface area contributed by atoms with Gasteiger partial charge < -0.3 is 9.79 Å². The number of hydrogen-bond acceptors (Lipinski definition) is 4. The smallest absolute Gasteiger partial charge is 0.772 e. The minimum Gasteiger partial charge on any atom is -0.772 e. The van der Waals surface area contributed by atoms with E-state index in [-0.39, 0.29) is 80.9 Å². The van der Waals surface area contributed by atoms with Crippen molar-refractivity contribution in [1.82, 2.24) is 0 Å². The van der Waals surface area contributed by atoms with Gasteiger partial charge in [-0.2, -0.15) is 0 Å². The summed E-state index contributed by atoms with van der Waals surface area (Å²) in [7, 11) is -2.17. The zero-order valence-corrected chi connectivity index (χ0v) is 11.4. The van der Waals surface area contributed by atoms with Gasteiger partial charge in [-0.1, -0.05) is 0 Å². The van der Waals surface area contributed by atoms with Gasteiger partial charge in [0, 0.05) is 0 Å². The second-order valence-electron chi connectivity index (χ2n) is 0.149. The summed E-state index contributed by atoms with van der Waals surface area (Å²) < 4.78 is 16.7. The quantitative estimate of drug-likeness (QED) is 0.279. The summed E-state index contributed by atoms with van der Waals surface area (Å²) in [5.41, 5.74) is 0. The van der Waals surface area contributed by atoms with Crippen LogP contribution >= 0.6 is 17.4 Å². The Hall–Kier alpha value is 2.76. The molecule has 8 heavy (non-hydrogen) atoms. The number of hydrogen-bond donors (Lipinski definition) is 0. The molecule has 36 valence electrons. The predicted octanol–water partition coefficient (Wildman–Crippen LogP) is -6.89. The Morgan fingerprint density at radius 2 is 1.00 bits per heavy atom. The average molecular weight is 188 g/mol. The molecule has 0 N–H and O–H groups in total. The molecule has 0 saturated heterocycles. The van der Waals surface area contributed by atoms with E-state index in [1.165, 1.54) is 0 Å². The molecule has 0 aromatic carbocycles. The van der Waals surface area contributed by atoms with E-state index in [2.05, 4.69) is 0 Å². The summed E-state index contributed by atoms with van der Waals surface area (Å²) in [5.74, 6) is 0. The standard InChI is InChI=1S/K.Na.2HO2P/c;;2*1-3-2/h;;2*(H,1,2)/q2*+1;;/p-2. The molecule has 0 saturated carbocycles. The summed E-state index contributed by atoms with van der Waals surface area (Å²) in [6.45, 7) is 0. The van der Waals surface area contributed by atoms with Crippen LogP contribution in [0, 0.1) is 0 Å². The van der Waals surface area contributed by atoms with Crippen molar-refractivity contribution in [3.8, 4) is 0 Å². The van der Waals surface area contributed by atoms with Gasteiger partial charge >= 0.3 is 80.9 Å². The second kappa shape index (κ2) is 33.1. The van der Waals surface area contributed by atoms with Crippen LogP contribution in [0.5, 0.6) is 0 Å². The van der Waals surface area contributed by atoms with E-state index in [9.17, 15) is 0 Å². The van der Waals surface area contributed by atoms with Gasteiger partial charge in [-0.15, -0.1) is 0 Å². The third-order valence-corrected chi connectivity index (χ3v) is 0. The van der Waals surface area contributed by atoms with Gasteiger partial charge in [0.1, 0.15) is 0 Å². The Kier molecular flexibility index (Phi) is 92.7. The van der Waals surface area contributed by atoms with Crippen molar-refractivity contribution in [2.75, 3.05) is 0 Å². The first-order chi connectivity index (χ1) is 2.83. The molecule has 0 atom stereocenters. The fourth-order valence-corrected chi connectivity index (χ4v) is 0. The van der Waals surface area contributed by atoms with Gasteiger partial charge in [0.15, 0.2) is 0 Å². The van der Waals surface area contributed by atoms with E-state index in [0.717, 1.165) is 0 Å². The van der Waals surface area contributed by atoms with Gasteiger partial charge in [-0.25, -0.2) is 0 Å². The zero-order chi connectivity index (χ0) is 5.41. The van der Waals surface area contributed by atoms with Crippen LogP contribution in [-0.2, 0) is 9.13 Å². The molecule has 0 aliphatic carbocycles. The van der Waals surface area contributed by atoms with Crippen molar-refractivity contribution in [1.29, 1.82) is 0 Å². The summed E-state index contributed by atoms with van der Waals surface area (Å²) in [6.07, 6.45) is 0. The summed E-state index contributed by atoms with van der Waals surface area (Å²) in [6, 6.07) is 0. The maximum Gasteiger partial charge on any atom is 1.00 e. The van der Waals surface area contributed by atoms with E-state index in [1.54, 1.807) is 0 Å². The minimum absolute atomic E-state index is 0. The molecule has 0 aromatic rings. The molecule has 0 spiro atoms. The molecule has 0 aromatic heterocycles. The molecular weight excluding hydrogens is 188 g/mol. The molecule has 0 aliphatic rings. The summed E-state index contributed by atoms with van der Waals surface area (Å²) >= 11 is 0. The fraction of sp³-hybridized carbons (Fsp3) is 0. The van der Waals surface area contributed by atoms with Crippen molar-refractivity contribution in [2.24, 2.45) is 0 Å². The summed E-state index contributed by atoms with van der Waals surface area (Å²) in [4.78, 5) is 16.7. The van der Waals surface area contributed by atoms with E-state index >= 15 is 0 Å². The third kappa shape index (κ3) is 69.3. The Morgan fingerprint density at radius 1 is 1.00 bits per heavy atom. The van der Waals surface area contributed by atoms with Crippen LogP contribution in [-0.4, -0.2) is 0 Å². The molecule has 0 fully saturated rings. The summed E-state index contributed by atoms with van der Waals surface area (Å²) in [5, 5.41) is 0. The predicted molar refractivity (Wildman–Crippen MR) is 15.2 cm³/mol. The van der Waals surface area contributed by atoms with Crippen molar-refractivity contribution < 1.29 is 99.9 Å². The zero-order valence-electron chi connectivity index (χ0n) is 4.53. The minimum atomic E-state index is -1.08. The maximum atomic E-state index is 8.35. The van der Waals surface area contributed by atoms with Crippen LogP contribution < -0.4 is 90.7 Å². The van der Waals surface area contributed by atoms with Gasteiger partial charge in [-0.3, -0.25) is 9.13 Å². The van der Waals surface area contributed by atoms with Crippen LogP contribution in [0.15, 0.2) is 0 Å². The fourth-order valence-electron chi connectivity index (χ4n) is 0. The normalized spacial score (nSPS) is 5.25. The van der Waals surface area contributed by atoms with Crippen LogP contribution in [0.25, 0.3) is 0 Å². The molecule has 4 nitrogen and oxygen atoms in total. The Labute approximate surface area is 115 Å². The van der Waals surface area contributed by atoms with Gasteiger partial charge in [0.05, 0.1) is 17.4 Å². The molecule has 0 aliphatic heterocycles. The molecule has 0 radical (unpaired) electrons. The number of rotatable bonds is 0. The molecule has 0 unspecified atom stereocenters. The Bertz CT molecular complexity index is 35.0. The first-order valence-corrected chi connectivity index (χ1v) is 2.19. The molecule has 0 bridgehead atoms. The monoisotopic (exact) mass is 188 g/mol. The van der Waals surface area contributed by atoms with Gasteiger partial charge in [-0.05, 0) is 0 Å². The van der Waals surface area contributed by atoms with Crippen LogP contribution in [0.4, 0.5) is 0 Å².